The van der Waals surface area contributed by atoms with Crippen LogP contribution in [-0.2, 0) is 14.2 Å². The average molecular weight is 1930 g/mol. The summed E-state index contributed by atoms with van der Waals surface area (Å²) in [5.74, 6) is 1.55. The summed E-state index contributed by atoms with van der Waals surface area (Å²) in [6.07, 6.45) is 63.7. The van der Waals surface area contributed by atoms with Crippen molar-refractivity contribution in [3.63, 3.8) is 0 Å². The van der Waals surface area contributed by atoms with Gasteiger partial charge in [0.05, 0.1) is 139 Å². The number of hydrogen-bond donors (Lipinski definition) is 0. The average Bonchev–Trinajstić information content (AvgIpc) is 1.66. The predicted molar refractivity (Wildman–Crippen MR) is 551 cm³/mol. The van der Waals surface area contributed by atoms with Crippen molar-refractivity contribution in [3.05, 3.63) is 458 Å². The molecule has 0 saturated heterocycles. The Hall–Kier alpha value is -18.0. The molecule has 7 atom stereocenters. The van der Waals surface area contributed by atoms with E-state index in [1.54, 1.807) is 101 Å². The number of pyridine rings is 7. The van der Waals surface area contributed by atoms with Gasteiger partial charge in [-0.05, 0) is 159 Å². The van der Waals surface area contributed by atoms with E-state index in [0.29, 0.717) is 30.5 Å². The van der Waals surface area contributed by atoms with Gasteiger partial charge in [-0.1, -0.05) is 168 Å². The van der Waals surface area contributed by atoms with E-state index in [4.69, 9.17) is 31.9 Å². The normalized spacial score (nSPS) is 13.2. The maximum Gasteiger partial charge on any atom is 0.419 e. The van der Waals surface area contributed by atoms with Gasteiger partial charge in [-0.25, -0.2) is 53.4 Å². The standard InChI is InChI=1S/C18H17N3.C17H17N3O3.C17H17N3.C16H15N3O3.C16H15N3O.C16H15N3.C15H16N2O3/c1-2-4-14(5-3-1)17-9-8-16(12-20-17)18(15-6-7-15)21-11-10-19-13-21;1-12(2)16(23-17(21)20-7-6-18-11-20)13-3-4-15(19-9-13)14-5-8-22-10-14;1-2-17(20-11-10-18-13-20)15-8-9-16(19-12-15)14-6-4-3-5-7-14;1-2-15(22-16(20)19-7-6-17-11-19)12-3-4-14(18-9-12)13-5-8-21-10-13;1-2-12(1)16(19-7-6-17-11-19)13-3-4-15(18-9-13)14-5-8-20-10-14;1-13(19-10-9-17-12-19)15-7-8-16(18-11-15)14-5-3-2-4-6-14;1-4-17(3)15(18)20-11(2)12-5-6-14(16-9-12)13-7-8-19-10-13/h1-5,8-13,15,18H,6-7H2;3-12,16H,1-2H3;3-13,17H,2H2,1H3;3-11,15H,2H2,1H3;3-12,16H,1-2H2;2-13H,1H3;4-11H,1H2,2-3H3. The number of carbonyl (C=O) groups is 3. The van der Waals surface area contributed by atoms with Crippen LogP contribution in [0, 0.1) is 17.8 Å². The smallest absolute Gasteiger partial charge is 0.419 e. The zero-order valence-corrected chi connectivity index (χ0v) is 81.4. The fourth-order valence-electron chi connectivity index (χ4n) is 16.1. The van der Waals surface area contributed by atoms with Crippen LogP contribution >= 0.6 is 0 Å². The molecule has 30 nitrogen and oxygen atoms in total. The number of carbonyl (C=O) groups excluding carboxylic acids is 3. The van der Waals surface area contributed by atoms with Crippen molar-refractivity contribution in [1.82, 2.24) is 97.1 Å². The number of imidazole rings is 6. The van der Waals surface area contributed by atoms with Gasteiger partial charge >= 0.3 is 18.3 Å². The maximum absolute atomic E-state index is 12.1. The molecular weight excluding hydrogens is 1820 g/mol. The van der Waals surface area contributed by atoms with Crippen LogP contribution < -0.4 is 0 Å². The number of amides is 1. The molecule has 20 aromatic rings. The Kier molecular flexibility index (Phi) is 34.7. The summed E-state index contributed by atoms with van der Waals surface area (Å²) in [5, 5.41) is 0. The Morgan fingerprint density at radius 3 is 1.01 bits per heavy atom. The minimum atomic E-state index is -0.458. The Labute approximate surface area is 840 Å². The van der Waals surface area contributed by atoms with E-state index < -0.39 is 18.3 Å². The van der Waals surface area contributed by atoms with Crippen LogP contribution in [0.5, 0.6) is 0 Å². The predicted octanol–water partition coefficient (Wildman–Crippen LogP) is 26.2. The van der Waals surface area contributed by atoms with E-state index in [1.165, 1.54) is 93.2 Å². The van der Waals surface area contributed by atoms with Crippen molar-refractivity contribution in [3.8, 4) is 78.8 Å². The summed E-state index contributed by atoms with van der Waals surface area (Å²) in [6, 6.07) is 67.8. The van der Waals surface area contributed by atoms with Crippen LogP contribution in [0.25, 0.3) is 78.8 Å². The molecule has 0 spiro atoms. The van der Waals surface area contributed by atoms with Gasteiger partial charge < -0.3 is 50.1 Å². The number of ether oxygens (including phenoxy) is 3. The second kappa shape index (κ2) is 50.2. The zero-order chi connectivity index (χ0) is 100. The molecular formula is C115H112N20O10. The van der Waals surface area contributed by atoms with Gasteiger partial charge in [-0.2, -0.15) is 0 Å². The molecule has 145 heavy (non-hydrogen) atoms. The topological polar surface area (TPSA) is 332 Å². The van der Waals surface area contributed by atoms with Gasteiger partial charge in [0.2, 0.25) is 0 Å². The molecule has 2 fully saturated rings. The maximum atomic E-state index is 12.1. The zero-order valence-electron chi connectivity index (χ0n) is 81.4. The molecule has 0 bridgehead atoms. The van der Waals surface area contributed by atoms with E-state index in [1.807, 2.05) is 230 Å². The molecule has 0 radical (unpaired) electrons. The fraction of sp³-hybridized carbons (Fsp3) is 0.200. The van der Waals surface area contributed by atoms with Crippen molar-refractivity contribution in [1.29, 1.82) is 0 Å². The molecule has 2 saturated carbocycles. The van der Waals surface area contributed by atoms with Crippen molar-refractivity contribution >= 4 is 18.3 Å². The molecule has 0 aliphatic heterocycles. The van der Waals surface area contributed by atoms with Gasteiger partial charge in [0.25, 0.3) is 0 Å². The fourth-order valence-corrected chi connectivity index (χ4v) is 16.1. The lowest BCUT2D eigenvalue weighted by molar-refractivity contribution is 0.0715. The molecule has 3 aromatic carbocycles. The third-order valence-electron chi connectivity index (χ3n) is 24.5. The molecule has 2 aliphatic rings. The minimum absolute atomic E-state index is 0.115. The first-order chi connectivity index (χ1) is 71.1. The van der Waals surface area contributed by atoms with Crippen LogP contribution in [0.3, 0.4) is 0 Å². The molecule has 30 heteroatoms. The number of nitrogens with zero attached hydrogens (tertiary/aromatic N) is 20. The van der Waals surface area contributed by atoms with Crippen molar-refractivity contribution in [2.45, 2.75) is 123 Å². The van der Waals surface area contributed by atoms with Crippen LogP contribution in [0.2, 0.25) is 0 Å². The highest BCUT2D eigenvalue weighted by atomic mass is 16.6. The van der Waals surface area contributed by atoms with Crippen LogP contribution in [0.4, 0.5) is 14.4 Å². The van der Waals surface area contributed by atoms with Crippen molar-refractivity contribution in [2.24, 2.45) is 17.8 Å². The Morgan fingerprint density at radius 1 is 0.359 bits per heavy atom. The first-order valence-electron chi connectivity index (χ1n) is 47.9. The highest BCUT2D eigenvalue weighted by Crippen LogP contribution is 2.45. The van der Waals surface area contributed by atoms with Crippen LogP contribution in [-0.4, -0.2) is 122 Å². The van der Waals surface area contributed by atoms with Gasteiger partial charge in [-0.3, -0.25) is 39.8 Å². The lowest BCUT2D eigenvalue weighted by atomic mass is 10.00. The highest BCUT2D eigenvalue weighted by Gasteiger charge is 2.35. The van der Waals surface area contributed by atoms with E-state index in [-0.39, 0.29) is 30.3 Å². The van der Waals surface area contributed by atoms with Crippen molar-refractivity contribution < 1.29 is 46.3 Å². The van der Waals surface area contributed by atoms with E-state index in [9.17, 15) is 14.4 Å². The number of aromatic nitrogens is 19. The number of rotatable bonds is 27. The summed E-state index contributed by atoms with van der Waals surface area (Å²) < 4.78 is 47.8. The summed E-state index contributed by atoms with van der Waals surface area (Å²) in [5.41, 5.74) is 21.1. The first-order valence-corrected chi connectivity index (χ1v) is 47.9. The Bertz CT molecular complexity index is 7110. The molecule has 0 N–H and O–H groups in total. The number of hydrogen-bond acceptors (Lipinski definition) is 23. The summed E-state index contributed by atoms with van der Waals surface area (Å²) >= 11 is 0. The Morgan fingerprint density at radius 2 is 0.690 bits per heavy atom. The summed E-state index contributed by atoms with van der Waals surface area (Å²) in [7, 11) is 1.59. The van der Waals surface area contributed by atoms with E-state index in [0.717, 1.165) is 108 Å². The third kappa shape index (κ3) is 27.4. The molecule has 1 amide bonds. The van der Waals surface area contributed by atoms with Gasteiger partial charge in [0.1, 0.15) is 31.0 Å². The largest absolute Gasteiger partial charge is 0.472 e. The molecule has 17 heterocycles. The van der Waals surface area contributed by atoms with E-state index >= 15 is 0 Å². The second-order valence-corrected chi connectivity index (χ2v) is 34.8. The molecule has 22 rings (SSSR count). The van der Waals surface area contributed by atoms with Crippen molar-refractivity contribution in [2.75, 3.05) is 7.05 Å². The van der Waals surface area contributed by atoms with Gasteiger partial charge in [0.15, 0.2) is 0 Å². The minimum Gasteiger partial charge on any atom is -0.472 e. The second-order valence-electron chi connectivity index (χ2n) is 34.8. The number of benzene rings is 3. The molecule has 17 aromatic heterocycles. The summed E-state index contributed by atoms with van der Waals surface area (Å²) in [6.45, 7) is 15.6. The first kappa shape index (κ1) is 100. The quantitative estimate of drug-likeness (QED) is 0.0432. The third-order valence-corrected chi connectivity index (χ3v) is 24.5. The SMILES string of the molecule is C=CN(C)C(=O)OC(C)c1ccc(-c2ccoc2)nc1.CC(C)C(OC(=O)n1ccnc1)c1ccc(-c2ccoc2)nc1.CC(c1ccc(-c2ccccc2)nc1)n1ccnc1.CCC(OC(=O)n1ccnc1)c1ccc(-c2ccoc2)nc1.CCC(c1ccc(-c2ccccc2)nc1)n1ccnc1.c1ccc(-c2ccc(C(C3CC3)n3ccnc3)cn2)cc1.c1cn(C(c2ccc(-c3ccoc3)nc2)C2CC2)cn1. The molecule has 732 valence electrons. The van der Waals surface area contributed by atoms with Gasteiger partial charge in [-0.15, -0.1) is 0 Å². The monoisotopic (exact) mass is 1930 g/mol. The highest BCUT2D eigenvalue weighted by molar-refractivity contribution is 5.72. The van der Waals surface area contributed by atoms with Crippen LogP contribution in [0.15, 0.2) is 436 Å². The molecule has 7 unspecified atom stereocenters. The lowest BCUT2D eigenvalue weighted by Gasteiger charge is -2.21. The lowest BCUT2D eigenvalue weighted by Crippen LogP contribution is -2.22. The Balaban J connectivity index is 0.000000121. The van der Waals surface area contributed by atoms with Crippen LogP contribution in [0.1, 0.15) is 161 Å². The number of furan rings is 4. The summed E-state index contributed by atoms with van der Waals surface area (Å²) in [4.78, 5) is 92.7. The van der Waals surface area contributed by atoms with Gasteiger partial charge in [0, 0.05) is 187 Å². The van der Waals surface area contributed by atoms with E-state index in [2.05, 4.69) is 188 Å². The molecule has 2 aliphatic carbocycles.